The Morgan fingerprint density at radius 2 is 2.11 bits per heavy atom. The minimum Gasteiger partial charge on any atom is -0.366 e. The van der Waals surface area contributed by atoms with Crippen molar-refractivity contribution < 1.29 is 4.79 Å². The molecule has 3 aromatic heterocycles. The summed E-state index contributed by atoms with van der Waals surface area (Å²) >= 11 is 1.45. The number of hydrogen-bond acceptors (Lipinski definition) is 3. The second-order valence-corrected chi connectivity index (χ2v) is 4.75. The maximum atomic E-state index is 12.3. The fourth-order valence-electron chi connectivity index (χ4n) is 1.83. The van der Waals surface area contributed by atoms with Gasteiger partial charge in [0.2, 0.25) is 5.78 Å². The molecular formula is C14H10N2OS. The SMILES string of the molecule is O=C(c1cccs1)c1c[nH]cc1-c1ccccn1. The third kappa shape index (κ3) is 1.87. The summed E-state index contributed by atoms with van der Waals surface area (Å²) in [5, 5.41) is 1.90. The van der Waals surface area contributed by atoms with Crippen LogP contribution in [0.15, 0.2) is 54.3 Å². The van der Waals surface area contributed by atoms with E-state index in [2.05, 4.69) is 9.97 Å². The molecule has 0 unspecified atom stereocenters. The van der Waals surface area contributed by atoms with E-state index in [-0.39, 0.29) is 5.78 Å². The molecule has 0 aliphatic rings. The Hall–Kier alpha value is -2.20. The number of rotatable bonds is 3. The molecule has 3 heterocycles. The van der Waals surface area contributed by atoms with E-state index in [9.17, 15) is 4.79 Å². The largest absolute Gasteiger partial charge is 0.366 e. The van der Waals surface area contributed by atoms with Crippen molar-refractivity contribution in [3.8, 4) is 11.3 Å². The van der Waals surface area contributed by atoms with Crippen molar-refractivity contribution in [2.45, 2.75) is 0 Å². The van der Waals surface area contributed by atoms with E-state index in [4.69, 9.17) is 0 Å². The predicted octanol–water partition coefficient (Wildman–Crippen LogP) is 3.37. The number of thiophene rings is 1. The topological polar surface area (TPSA) is 45.8 Å². The highest BCUT2D eigenvalue weighted by Gasteiger charge is 2.16. The third-order valence-corrected chi connectivity index (χ3v) is 3.54. The third-order valence-electron chi connectivity index (χ3n) is 2.68. The fourth-order valence-corrected chi connectivity index (χ4v) is 2.50. The molecule has 0 bridgehead atoms. The van der Waals surface area contributed by atoms with E-state index < -0.39 is 0 Å². The Balaban J connectivity index is 2.05. The first kappa shape index (κ1) is 10.9. The van der Waals surface area contributed by atoms with Gasteiger partial charge in [-0.1, -0.05) is 12.1 Å². The van der Waals surface area contributed by atoms with Crippen LogP contribution in [-0.2, 0) is 0 Å². The van der Waals surface area contributed by atoms with Crippen molar-refractivity contribution in [2.75, 3.05) is 0 Å². The highest BCUT2D eigenvalue weighted by Crippen LogP contribution is 2.25. The van der Waals surface area contributed by atoms with E-state index in [0.717, 1.165) is 16.1 Å². The number of pyridine rings is 1. The molecule has 0 aromatic carbocycles. The molecule has 0 radical (unpaired) electrons. The minimum absolute atomic E-state index is 0.0342. The number of nitrogens with one attached hydrogen (secondary N) is 1. The van der Waals surface area contributed by atoms with E-state index in [1.54, 1.807) is 12.4 Å². The van der Waals surface area contributed by atoms with Gasteiger partial charge in [-0.3, -0.25) is 9.78 Å². The monoisotopic (exact) mass is 254 g/mol. The molecule has 18 heavy (non-hydrogen) atoms. The van der Waals surface area contributed by atoms with E-state index in [1.807, 2.05) is 41.9 Å². The van der Waals surface area contributed by atoms with Crippen molar-refractivity contribution in [3.63, 3.8) is 0 Å². The summed E-state index contributed by atoms with van der Waals surface area (Å²) in [5.74, 6) is 0.0342. The first-order valence-electron chi connectivity index (χ1n) is 5.52. The summed E-state index contributed by atoms with van der Waals surface area (Å²) in [6, 6.07) is 9.38. The van der Waals surface area contributed by atoms with Gasteiger partial charge in [0.1, 0.15) is 0 Å². The summed E-state index contributed by atoms with van der Waals surface area (Å²) in [6.07, 6.45) is 5.26. The smallest absolute Gasteiger partial charge is 0.205 e. The van der Waals surface area contributed by atoms with Crippen molar-refractivity contribution in [3.05, 3.63) is 64.7 Å². The number of ketones is 1. The number of carbonyl (C=O) groups is 1. The van der Waals surface area contributed by atoms with Crippen LogP contribution in [0.2, 0.25) is 0 Å². The van der Waals surface area contributed by atoms with Crippen LogP contribution in [0, 0.1) is 0 Å². The summed E-state index contributed by atoms with van der Waals surface area (Å²) in [4.78, 5) is 20.3. The normalized spacial score (nSPS) is 10.4. The molecule has 0 fully saturated rings. The second-order valence-electron chi connectivity index (χ2n) is 3.80. The lowest BCUT2D eigenvalue weighted by Crippen LogP contribution is -1.99. The summed E-state index contributed by atoms with van der Waals surface area (Å²) in [5.41, 5.74) is 2.31. The Morgan fingerprint density at radius 3 is 2.83 bits per heavy atom. The first-order valence-corrected chi connectivity index (χ1v) is 6.40. The molecule has 0 atom stereocenters. The lowest BCUT2D eigenvalue weighted by atomic mass is 10.1. The minimum atomic E-state index is 0.0342. The molecule has 3 aromatic rings. The van der Waals surface area contributed by atoms with Crippen molar-refractivity contribution in [2.24, 2.45) is 0 Å². The number of carbonyl (C=O) groups excluding carboxylic acids is 1. The van der Waals surface area contributed by atoms with Gasteiger partial charge in [0.15, 0.2) is 0 Å². The highest BCUT2D eigenvalue weighted by atomic mass is 32.1. The van der Waals surface area contributed by atoms with Crippen LogP contribution in [0.25, 0.3) is 11.3 Å². The van der Waals surface area contributed by atoms with Gasteiger partial charge in [0, 0.05) is 24.2 Å². The highest BCUT2D eigenvalue weighted by molar-refractivity contribution is 7.12. The summed E-state index contributed by atoms with van der Waals surface area (Å²) < 4.78 is 0. The average Bonchev–Trinajstić information content (AvgIpc) is 3.10. The number of hydrogen-bond donors (Lipinski definition) is 1. The second kappa shape index (κ2) is 4.58. The van der Waals surface area contributed by atoms with Gasteiger partial charge in [-0.25, -0.2) is 0 Å². The van der Waals surface area contributed by atoms with Crippen LogP contribution >= 0.6 is 11.3 Å². The van der Waals surface area contributed by atoms with Gasteiger partial charge in [-0.2, -0.15) is 0 Å². The Bertz CT molecular complexity index is 656. The molecule has 0 spiro atoms. The lowest BCUT2D eigenvalue weighted by Gasteiger charge is -2.00. The fraction of sp³-hybridized carbons (Fsp3) is 0. The quantitative estimate of drug-likeness (QED) is 0.728. The van der Waals surface area contributed by atoms with Gasteiger partial charge in [0.05, 0.1) is 16.1 Å². The van der Waals surface area contributed by atoms with E-state index in [0.29, 0.717) is 5.56 Å². The van der Waals surface area contributed by atoms with E-state index in [1.165, 1.54) is 11.3 Å². The Kier molecular flexibility index (Phi) is 2.78. The van der Waals surface area contributed by atoms with Gasteiger partial charge in [0.25, 0.3) is 0 Å². The molecule has 0 saturated carbocycles. The van der Waals surface area contributed by atoms with Crippen LogP contribution in [0.5, 0.6) is 0 Å². The van der Waals surface area contributed by atoms with Crippen molar-refractivity contribution in [1.82, 2.24) is 9.97 Å². The summed E-state index contributed by atoms with van der Waals surface area (Å²) in [6.45, 7) is 0. The van der Waals surface area contributed by atoms with Crippen LogP contribution < -0.4 is 0 Å². The standard InChI is InChI=1S/C14H10N2OS/c17-14(13-5-3-7-18-13)11-9-15-8-10(11)12-4-1-2-6-16-12/h1-9,15H. The van der Waals surface area contributed by atoms with E-state index >= 15 is 0 Å². The zero-order valence-corrected chi connectivity index (χ0v) is 10.3. The van der Waals surface area contributed by atoms with Gasteiger partial charge < -0.3 is 4.98 Å². The molecular weight excluding hydrogens is 244 g/mol. The Labute approximate surface area is 108 Å². The first-order chi connectivity index (χ1) is 8.86. The number of H-pyrrole nitrogens is 1. The number of aromatic nitrogens is 2. The van der Waals surface area contributed by atoms with Gasteiger partial charge in [-0.15, -0.1) is 11.3 Å². The zero-order valence-electron chi connectivity index (χ0n) is 9.46. The molecule has 4 heteroatoms. The van der Waals surface area contributed by atoms with Crippen molar-refractivity contribution in [1.29, 1.82) is 0 Å². The number of nitrogens with zero attached hydrogens (tertiary/aromatic N) is 1. The maximum Gasteiger partial charge on any atom is 0.205 e. The average molecular weight is 254 g/mol. The van der Waals surface area contributed by atoms with Crippen molar-refractivity contribution >= 4 is 17.1 Å². The molecule has 0 aliphatic carbocycles. The Morgan fingerprint density at radius 1 is 1.17 bits per heavy atom. The van der Waals surface area contributed by atoms with Crippen LogP contribution in [0.4, 0.5) is 0 Å². The van der Waals surface area contributed by atoms with Crippen LogP contribution in [0.1, 0.15) is 15.2 Å². The maximum absolute atomic E-state index is 12.3. The molecule has 3 rings (SSSR count). The zero-order chi connectivity index (χ0) is 12.4. The summed E-state index contributed by atoms with van der Waals surface area (Å²) in [7, 11) is 0. The molecule has 88 valence electrons. The molecule has 0 saturated heterocycles. The predicted molar refractivity (Wildman–Crippen MR) is 71.8 cm³/mol. The number of aromatic amines is 1. The van der Waals surface area contributed by atoms with Gasteiger partial charge >= 0.3 is 0 Å². The van der Waals surface area contributed by atoms with Crippen LogP contribution in [-0.4, -0.2) is 15.8 Å². The molecule has 0 amide bonds. The van der Waals surface area contributed by atoms with Crippen LogP contribution in [0.3, 0.4) is 0 Å². The molecule has 1 N–H and O–H groups in total. The molecule has 0 aliphatic heterocycles. The lowest BCUT2D eigenvalue weighted by molar-refractivity contribution is 0.104. The van der Waals surface area contributed by atoms with Gasteiger partial charge in [-0.05, 0) is 23.6 Å². The molecule has 3 nitrogen and oxygen atoms in total.